The van der Waals surface area contributed by atoms with Gasteiger partial charge in [0.25, 0.3) is 5.91 Å². The highest BCUT2D eigenvalue weighted by molar-refractivity contribution is 5.82. The zero-order valence-corrected chi connectivity index (χ0v) is 13.5. The van der Waals surface area contributed by atoms with E-state index in [1.165, 1.54) is 0 Å². The molecule has 120 valence electrons. The van der Waals surface area contributed by atoms with Crippen molar-refractivity contribution in [3.63, 3.8) is 0 Å². The molecule has 2 rings (SSSR count). The third-order valence-corrected chi connectivity index (χ3v) is 3.90. The number of hydrogen-bond acceptors (Lipinski definition) is 3. The molecule has 5 nitrogen and oxygen atoms in total. The molecule has 1 aliphatic heterocycles. The highest BCUT2D eigenvalue weighted by atomic mass is 16.5. The van der Waals surface area contributed by atoms with Crippen molar-refractivity contribution in [2.45, 2.75) is 45.3 Å². The van der Waals surface area contributed by atoms with Crippen LogP contribution >= 0.6 is 0 Å². The molecule has 0 saturated carbocycles. The molecule has 1 fully saturated rings. The lowest BCUT2D eigenvalue weighted by Gasteiger charge is -2.31. The maximum Gasteiger partial charge on any atom is 0.261 e. The summed E-state index contributed by atoms with van der Waals surface area (Å²) in [6.45, 7) is 4.48. The van der Waals surface area contributed by atoms with Gasteiger partial charge in [-0.05, 0) is 37.5 Å². The zero-order chi connectivity index (χ0) is 16.1. The van der Waals surface area contributed by atoms with Gasteiger partial charge in [-0.25, -0.2) is 0 Å². The third-order valence-electron chi connectivity index (χ3n) is 3.90. The molecular formula is C17H24N2O3. The van der Waals surface area contributed by atoms with Gasteiger partial charge < -0.3 is 15.0 Å². The summed E-state index contributed by atoms with van der Waals surface area (Å²) in [4.78, 5) is 25.5. The minimum atomic E-state index is -0.510. The standard InChI is InChI=1S/C17H24N2O3/c1-4-15(22-14-7-5-6-12(2)10-14)17(21)18-13-8-9-16(20)19(3)11-13/h5-7,10,13,15H,4,8-9,11H2,1-3H3,(H,18,21)/t13-,15+/m1/s1. The van der Waals surface area contributed by atoms with Gasteiger partial charge in [-0.3, -0.25) is 9.59 Å². The van der Waals surface area contributed by atoms with Crippen LogP contribution in [0.5, 0.6) is 5.75 Å². The van der Waals surface area contributed by atoms with Crippen LogP contribution in [0.2, 0.25) is 0 Å². The molecule has 1 heterocycles. The van der Waals surface area contributed by atoms with Gasteiger partial charge in [-0.2, -0.15) is 0 Å². The largest absolute Gasteiger partial charge is 0.481 e. The number of likely N-dealkylation sites (tertiary alicyclic amines) is 1. The van der Waals surface area contributed by atoms with E-state index in [0.29, 0.717) is 31.6 Å². The van der Waals surface area contributed by atoms with Crippen LogP contribution < -0.4 is 10.1 Å². The van der Waals surface area contributed by atoms with E-state index in [1.807, 2.05) is 38.1 Å². The first-order valence-electron chi connectivity index (χ1n) is 7.77. The summed E-state index contributed by atoms with van der Waals surface area (Å²) in [5.41, 5.74) is 1.10. The Labute approximate surface area is 131 Å². The van der Waals surface area contributed by atoms with E-state index in [2.05, 4.69) is 5.32 Å². The summed E-state index contributed by atoms with van der Waals surface area (Å²) in [5, 5.41) is 3.00. The first-order chi connectivity index (χ1) is 10.5. The molecule has 1 aromatic carbocycles. The summed E-state index contributed by atoms with van der Waals surface area (Å²) in [5.74, 6) is 0.725. The normalized spacial score (nSPS) is 19.7. The molecule has 0 spiro atoms. The molecule has 0 aromatic heterocycles. The number of piperidine rings is 1. The molecule has 1 aromatic rings. The van der Waals surface area contributed by atoms with Gasteiger partial charge in [0.1, 0.15) is 5.75 Å². The third kappa shape index (κ3) is 4.23. The number of nitrogens with one attached hydrogen (secondary N) is 1. The van der Waals surface area contributed by atoms with Crippen LogP contribution in [0.4, 0.5) is 0 Å². The van der Waals surface area contributed by atoms with Gasteiger partial charge in [-0.15, -0.1) is 0 Å². The second kappa shape index (κ2) is 7.29. The van der Waals surface area contributed by atoms with Gasteiger partial charge >= 0.3 is 0 Å². The van der Waals surface area contributed by atoms with Gasteiger partial charge in [0.05, 0.1) is 0 Å². The number of ether oxygens (including phenoxy) is 1. The Morgan fingerprint density at radius 2 is 2.27 bits per heavy atom. The molecule has 1 N–H and O–H groups in total. The van der Waals surface area contributed by atoms with E-state index >= 15 is 0 Å². The van der Waals surface area contributed by atoms with E-state index in [9.17, 15) is 9.59 Å². The molecule has 0 radical (unpaired) electrons. The van der Waals surface area contributed by atoms with Gasteiger partial charge in [0.15, 0.2) is 6.10 Å². The first kappa shape index (κ1) is 16.3. The van der Waals surface area contributed by atoms with Crippen LogP contribution in [-0.4, -0.2) is 42.5 Å². The summed E-state index contributed by atoms with van der Waals surface area (Å²) in [6, 6.07) is 7.68. The Morgan fingerprint density at radius 1 is 1.50 bits per heavy atom. The number of hydrogen-bond donors (Lipinski definition) is 1. The summed E-state index contributed by atoms with van der Waals surface area (Å²) >= 11 is 0. The minimum absolute atomic E-state index is 0.00496. The smallest absolute Gasteiger partial charge is 0.261 e. The van der Waals surface area contributed by atoms with Crippen LogP contribution in [0.25, 0.3) is 0 Å². The molecule has 5 heteroatoms. The highest BCUT2D eigenvalue weighted by Gasteiger charge is 2.27. The van der Waals surface area contributed by atoms with Gasteiger partial charge in [0.2, 0.25) is 5.91 Å². The van der Waals surface area contributed by atoms with Gasteiger partial charge in [-0.1, -0.05) is 19.1 Å². The monoisotopic (exact) mass is 304 g/mol. The second-order valence-electron chi connectivity index (χ2n) is 5.85. The van der Waals surface area contributed by atoms with Crippen molar-refractivity contribution in [3.8, 4) is 5.75 Å². The fourth-order valence-corrected chi connectivity index (χ4v) is 2.60. The number of benzene rings is 1. The molecular weight excluding hydrogens is 280 g/mol. The quantitative estimate of drug-likeness (QED) is 0.904. The van der Waals surface area contributed by atoms with Crippen molar-refractivity contribution in [1.82, 2.24) is 10.2 Å². The van der Waals surface area contributed by atoms with Crippen molar-refractivity contribution in [1.29, 1.82) is 0 Å². The fraction of sp³-hybridized carbons (Fsp3) is 0.529. The minimum Gasteiger partial charge on any atom is -0.481 e. The van der Waals surface area contributed by atoms with Gasteiger partial charge in [0, 0.05) is 26.1 Å². The van der Waals surface area contributed by atoms with E-state index < -0.39 is 6.10 Å². The number of amides is 2. The van der Waals surface area contributed by atoms with E-state index in [4.69, 9.17) is 4.74 Å². The van der Waals surface area contributed by atoms with Crippen LogP contribution in [0.3, 0.4) is 0 Å². The molecule has 0 unspecified atom stereocenters. The number of aryl methyl sites for hydroxylation is 1. The van der Waals surface area contributed by atoms with Crippen molar-refractivity contribution in [3.05, 3.63) is 29.8 Å². The first-order valence-corrected chi connectivity index (χ1v) is 7.77. The zero-order valence-electron chi connectivity index (χ0n) is 13.5. The summed E-state index contributed by atoms with van der Waals surface area (Å²) in [6.07, 6.45) is 1.26. The Bertz CT molecular complexity index is 544. The lowest BCUT2D eigenvalue weighted by Crippen LogP contribution is -2.51. The number of nitrogens with zero attached hydrogens (tertiary/aromatic N) is 1. The lowest BCUT2D eigenvalue weighted by molar-refractivity contribution is -0.135. The van der Waals surface area contributed by atoms with Crippen molar-refractivity contribution in [2.75, 3.05) is 13.6 Å². The van der Waals surface area contributed by atoms with Crippen LogP contribution in [0, 0.1) is 6.92 Å². The highest BCUT2D eigenvalue weighted by Crippen LogP contribution is 2.16. The Kier molecular flexibility index (Phi) is 5.41. The van der Waals surface area contributed by atoms with Crippen molar-refractivity contribution in [2.24, 2.45) is 0 Å². The fourth-order valence-electron chi connectivity index (χ4n) is 2.60. The topological polar surface area (TPSA) is 58.6 Å². The molecule has 2 atom stereocenters. The Morgan fingerprint density at radius 3 is 2.91 bits per heavy atom. The average Bonchev–Trinajstić information content (AvgIpc) is 2.48. The van der Waals surface area contributed by atoms with Crippen molar-refractivity contribution >= 4 is 11.8 Å². The number of carbonyl (C=O) groups is 2. The average molecular weight is 304 g/mol. The molecule has 22 heavy (non-hydrogen) atoms. The van der Waals surface area contributed by atoms with E-state index in [1.54, 1.807) is 11.9 Å². The van der Waals surface area contributed by atoms with Crippen LogP contribution in [0.15, 0.2) is 24.3 Å². The summed E-state index contributed by atoms with van der Waals surface area (Å²) < 4.78 is 5.80. The van der Waals surface area contributed by atoms with E-state index in [0.717, 1.165) is 5.56 Å². The molecule has 1 aliphatic rings. The number of carbonyl (C=O) groups excluding carboxylic acids is 2. The van der Waals surface area contributed by atoms with E-state index in [-0.39, 0.29) is 17.9 Å². The second-order valence-corrected chi connectivity index (χ2v) is 5.85. The molecule has 1 saturated heterocycles. The Hall–Kier alpha value is -2.04. The maximum absolute atomic E-state index is 12.4. The summed E-state index contributed by atoms with van der Waals surface area (Å²) in [7, 11) is 1.77. The molecule has 0 aliphatic carbocycles. The van der Waals surface area contributed by atoms with Crippen molar-refractivity contribution < 1.29 is 14.3 Å². The molecule has 0 bridgehead atoms. The Balaban J connectivity index is 1.93. The predicted molar refractivity (Wildman–Crippen MR) is 84.7 cm³/mol. The lowest BCUT2D eigenvalue weighted by atomic mass is 10.1. The SMILES string of the molecule is CC[C@H](Oc1cccc(C)c1)C(=O)N[C@@H]1CCC(=O)N(C)C1. The number of rotatable bonds is 5. The predicted octanol–water partition coefficient (Wildman–Crippen LogP) is 1.89. The maximum atomic E-state index is 12.4. The molecule has 2 amide bonds. The number of likely N-dealkylation sites (N-methyl/N-ethyl adjacent to an activating group) is 1. The van der Waals surface area contributed by atoms with Crippen LogP contribution in [0.1, 0.15) is 31.7 Å². The van der Waals surface area contributed by atoms with Crippen LogP contribution in [-0.2, 0) is 9.59 Å².